The predicted octanol–water partition coefficient (Wildman–Crippen LogP) is 3.80. The number of hydrogen-bond acceptors (Lipinski definition) is 4. The van der Waals surface area contributed by atoms with E-state index >= 15 is 0 Å². The Morgan fingerprint density at radius 3 is 2.67 bits per heavy atom. The normalized spacial score (nSPS) is 10.6. The molecule has 3 aromatic rings. The van der Waals surface area contributed by atoms with Gasteiger partial charge < -0.3 is 9.84 Å². The van der Waals surface area contributed by atoms with Gasteiger partial charge in [0.1, 0.15) is 0 Å². The van der Waals surface area contributed by atoms with Gasteiger partial charge in [0.2, 0.25) is 11.8 Å². The molecule has 0 aliphatic rings. The lowest BCUT2D eigenvalue weighted by Gasteiger charge is -2.07. The zero-order chi connectivity index (χ0) is 16.9. The van der Waals surface area contributed by atoms with Gasteiger partial charge in [-0.05, 0) is 41.8 Å². The third-order valence-corrected chi connectivity index (χ3v) is 3.67. The monoisotopic (exact) mass is 341 g/mol. The number of anilines is 1. The minimum Gasteiger partial charge on any atom is -0.340 e. The summed E-state index contributed by atoms with van der Waals surface area (Å²) in [6.45, 7) is 1.69. The summed E-state index contributed by atoms with van der Waals surface area (Å²) < 4.78 is 4.86. The molecule has 0 saturated heterocycles. The van der Waals surface area contributed by atoms with E-state index in [0.717, 1.165) is 28.3 Å². The number of nitrogens with zero attached hydrogens (tertiary/aromatic N) is 2. The van der Waals surface area contributed by atoms with Crippen LogP contribution in [0.5, 0.6) is 0 Å². The number of halogens is 1. The summed E-state index contributed by atoms with van der Waals surface area (Å²) in [5.41, 5.74) is 3.00. The first-order chi connectivity index (χ1) is 11.6. The molecule has 0 radical (unpaired) electrons. The smallest absolute Gasteiger partial charge is 0.232 e. The van der Waals surface area contributed by atoms with E-state index in [2.05, 4.69) is 15.5 Å². The van der Waals surface area contributed by atoms with E-state index in [9.17, 15) is 4.79 Å². The van der Waals surface area contributed by atoms with Crippen molar-refractivity contribution in [1.29, 1.82) is 0 Å². The fraction of sp³-hybridized carbons (Fsp3) is 0.167. The third-order valence-electron chi connectivity index (χ3n) is 3.42. The van der Waals surface area contributed by atoms with Crippen molar-refractivity contribution in [2.75, 3.05) is 5.32 Å². The molecular weight excluding hydrogens is 326 g/mol. The molecule has 1 aromatic heterocycles. The molecule has 2 aromatic carbocycles. The van der Waals surface area contributed by atoms with E-state index in [1.54, 1.807) is 6.92 Å². The lowest BCUT2D eigenvalue weighted by Crippen LogP contribution is -2.15. The van der Waals surface area contributed by atoms with Crippen LogP contribution in [0.2, 0.25) is 5.02 Å². The first-order valence-corrected chi connectivity index (χ1v) is 7.89. The average molecular weight is 342 g/mol. The van der Waals surface area contributed by atoms with Gasteiger partial charge in [0.05, 0.1) is 6.42 Å². The van der Waals surface area contributed by atoms with E-state index in [0.29, 0.717) is 11.7 Å². The van der Waals surface area contributed by atoms with Gasteiger partial charge in [0, 0.05) is 17.6 Å². The Morgan fingerprint density at radius 1 is 1.17 bits per heavy atom. The molecule has 0 aliphatic heterocycles. The van der Waals surface area contributed by atoms with Gasteiger partial charge in [0.15, 0.2) is 5.82 Å². The highest BCUT2D eigenvalue weighted by atomic mass is 35.5. The van der Waals surface area contributed by atoms with Gasteiger partial charge in [-0.3, -0.25) is 4.79 Å². The molecule has 0 spiro atoms. The van der Waals surface area contributed by atoms with E-state index in [4.69, 9.17) is 16.1 Å². The zero-order valence-electron chi connectivity index (χ0n) is 13.1. The highest BCUT2D eigenvalue weighted by Crippen LogP contribution is 2.17. The van der Waals surface area contributed by atoms with Crippen molar-refractivity contribution in [1.82, 2.24) is 10.1 Å². The van der Waals surface area contributed by atoms with Crippen molar-refractivity contribution in [2.24, 2.45) is 0 Å². The Morgan fingerprint density at radius 2 is 1.96 bits per heavy atom. The molecule has 0 aliphatic carbocycles. The SMILES string of the molecule is Cc1nc(CC(=O)Nc2cccc(Cc3ccc(Cl)cc3)c2)no1. The van der Waals surface area contributed by atoms with Crippen molar-refractivity contribution in [2.45, 2.75) is 19.8 Å². The van der Waals surface area contributed by atoms with Gasteiger partial charge in [-0.1, -0.05) is 41.0 Å². The number of aryl methyl sites for hydroxylation is 1. The maximum Gasteiger partial charge on any atom is 0.232 e. The van der Waals surface area contributed by atoms with Crippen LogP contribution in [0.15, 0.2) is 53.1 Å². The molecular formula is C18H16ClN3O2. The quantitative estimate of drug-likeness (QED) is 0.766. The molecule has 5 nitrogen and oxygen atoms in total. The third kappa shape index (κ3) is 4.43. The van der Waals surface area contributed by atoms with E-state index < -0.39 is 0 Å². The fourth-order valence-electron chi connectivity index (χ4n) is 2.36. The van der Waals surface area contributed by atoms with Gasteiger partial charge in [-0.15, -0.1) is 0 Å². The molecule has 24 heavy (non-hydrogen) atoms. The first-order valence-electron chi connectivity index (χ1n) is 7.51. The van der Waals surface area contributed by atoms with Crippen LogP contribution >= 0.6 is 11.6 Å². The molecule has 1 N–H and O–H groups in total. The minimum atomic E-state index is -0.181. The highest BCUT2D eigenvalue weighted by molar-refractivity contribution is 6.30. The molecule has 3 rings (SSSR count). The number of nitrogens with one attached hydrogen (secondary N) is 1. The van der Waals surface area contributed by atoms with Crippen LogP contribution in [-0.4, -0.2) is 16.0 Å². The lowest BCUT2D eigenvalue weighted by atomic mass is 10.0. The largest absolute Gasteiger partial charge is 0.340 e. The minimum absolute atomic E-state index is 0.0821. The van der Waals surface area contributed by atoms with Crippen molar-refractivity contribution in [3.8, 4) is 0 Å². The maximum atomic E-state index is 12.1. The van der Waals surface area contributed by atoms with Crippen molar-refractivity contribution in [3.63, 3.8) is 0 Å². The second-order valence-corrected chi connectivity index (χ2v) is 5.89. The fourth-order valence-corrected chi connectivity index (χ4v) is 2.48. The zero-order valence-corrected chi connectivity index (χ0v) is 13.9. The number of amides is 1. The number of hydrogen-bond donors (Lipinski definition) is 1. The summed E-state index contributed by atoms with van der Waals surface area (Å²) in [6, 6.07) is 15.5. The van der Waals surface area contributed by atoms with E-state index in [1.165, 1.54) is 0 Å². The summed E-state index contributed by atoms with van der Waals surface area (Å²) in [5.74, 6) is 0.643. The van der Waals surface area contributed by atoms with Crippen LogP contribution in [0.1, 0.15) is 22.8 Å². The molecule has 6 heteroatoms. The van der Waals surface area contributed by atoms with Crippen molar-refractivity contribution in [3.05, 3.63) is 76.4 Å². The molecule has 122 valence electrons. The predicted molar refractivity (Wildman–Crippen MR) is 92.1 cm³/mol. The summed E-state index contributed by atoms with van der Waals surface area (Å²) in [4.78, 5) is 16.1. The van der Waals surface area contributed by atoms with Crippen LogP contribution in [0.4, 0.5) is 5.69 Å². The molecule has 1 heterocycles. The number of aromatic nitrogens is 2. The number of carbonyl (C=O) groups excluding carboxylic acids is 1. The Hall–Kier alpha value is -2.66. The topological polar surface area (TPSA) is 68.0 Å². The van der Waals surface area contributed by atoms with Gasteiger partial charge >= 0.3 is 0 Å². The summed E-state index contributed by atoms with van der Waals surface area (Å²) >= 11 is 5.90. The Kier molecular flexibility index (Phi) is 4.91. The molecule has 0 fully saturated rings. The average Bonchev–Trinajstić information content (AvgIpc) is 2.95. The van der Waals surface area contributed by atoms with Gasteiger partial charge in [0.25, 0.3) is 0 Å². The molecule has 0 unspecified atom stereocenters. The summed E-state index contributed by atoms with van der Waals surface area (Å²) in [5, 5.41) is 7.29. The molecule has 0 bridgehead atoms. The maximum absolute atomic E-state index is 12.1. The van der Waals surface area contributed by atoms with Crippen molar-refractivity contribution < 1.29 is 9.32 Å². The van der Waals surface area contributed by atoms with Gasteiger partial charge in [-0.25, -0.2) is 0 Å². The first kappa shape index (κ1) is 16.2. The number of rotatable bonds is 5. The van der Waals surface area contributed by atoms with Crippen LogP contribution < -0.4 is 5.32 Å². The van der Waals surface area contributed by atoms with Crippen LogP contribution in [0.25, 0.3) is 0 Å². The van der Waals surface area contributed by atoms with E-state index in [1.807, 2.05) is 48.5 Å². The second kappa shape index (κ2) is 7.27. The number of benzene rings is 2. The second-order valence-electron chi connectivity index (χ2n) is 5.46. The van der Waals surface area contributed by atoms with Crippen LogP contribution in [-0.2, 0) is 17.6 Å². The molecule has 1 amide bonds. The van der Waals surface area contributed by atoms with Crippen LogP contribution in [0, 0.1) is 6.92 Å². The highest BCUT2D eigenvalue weighted by Gasteiger charge is 2.09. The van der Waals surface area contributed by atoms with Crippen molar-refractivity contribution >= 4 is 23.2 Å². The molecule has 0 saturated carbocycles. The standard InChI is InChI=1S/C18H16ClN3O2/c1-12-20-17(22-24-12)11-18(23)21-16-4-2-3-14(10-16)9-13-5-7-15(19)8-6-13/h2-8,10H,9,11H2,1H3,(H,21,23). The Labute approximate surface area is 144 Å². The molecule has 0 atom stereocenters. The Bertz CT molecular complexity index is 843. The Balaban J connectivity index is 1.64. The lowest BCUT2D eigenvalue weighted by molar-refractivity contribution is -0.115. The van der Waals surface area contributed by atoms with Gasteiger partial charge in [-0.2, -0.15) is 4.98 Å². The summed E-state index contributed by atoms with van der Waals surface area (Å²) in [7, 11) is 0. The van der Waals surface area contributed by atoms with Crippen LogP contribution in [0.3, 0.4) is 0 Å². The summed E-state index contributed by atoms with van der Waals surface area (Å²) in [6.07, 6.45) is 0.851. The number of carbonyl (C=O) groups is 1. The van der Waals surface area contributed by atoms with E-state index in [-0.39, 0.29) is 12.3 Å².